The fourth-order valence-corrected chi connectivity index (χ4v) is 4.10. The molecule has 0 aromatic heterocycles. The summed E-state index contributed by atoms with van der Waals surface area (Å²) in [6.45, 7) is 2.09. The van der Waals surface area contributed by atoms with E-state index in [4.69, 9.17) is 0 Å². The molecule has 0 aromatic carbocycles. The molecular weight excluding hydrogens is 256 g/mol. The lowest BCUT2D eigenvalue weighted by Crippen LogP contribution is -2.66. The summed E-state index contributed by atoms with van der Waals surface area (Å²) in [5, 5.41) is 2.44. The molecule has 3 aliphatic rings. The highest BCUT2D eigenvalue weighted by Gasteiger charge is 2.56. The third-order valence-corrected chi connectivity index (χ3v) is 5.36. The Morgan fingerprint density at radius 1 is 1.05 bits per heavy atom. The molecular formula is C15H22N2O3. The fraction of sp³-hybridized carbons (Fsp3) is 0.800. The Balaban J connectivity index is 1.92. The van der Waals surface area contributed by atoms with Crippen molar-refractivity contribution >= 4 is 17.8 Å². The molecule has 2 unspecified atom stereocenters. The summed E-state index contributed by atoms with van der Waals surface area (Å²) in [6, 6.07) is -0.538. The Labute approximate surface area is 119 Å². The molecule has 3 fully saturated rings. The standard InChI is InChI=1S/C15H22N2O3/c1-10-6-5-7-11(10)17-13(19)15(8-3-2-4-9-15)12(18)16-14(17)20/h10-11H,2-9H2,1H3,(H,16,18,20). The summed E-state index contributed by atoms with van der Waals surface area (Å²) in [5.41, 5.74) is -0.964. The molecule has 5 nitrogen and oxygen atoms in total. The molecule has 2 saturated carbocycles. The normalized spacial score (nSPS) is 33.6. The Kier molecular flexibility index (Phi) is 3.30. The highest BCUT2D eigenvalue weighted by molar-refractivity contribution is 6.19. The summed E-state index contributed by atoms with van der Waals surface area (Å²) in [4.78, 5) is 38.7. The minimum atomic E-state index is -0.964. The van der Waals surface area contributed by atoms with Gasteiger partial charge in [-0.3, -0.25) is 19.8 Å². The van der Waals surface area contributed by atoms with Gasteiger partial charge in [0.1, 0.15) is 5.41 Å². The van der Waals surface area contributed by atoms with Crippen molar-refractivity contribution in [3.8, 4) is 0 Å². The average Bonchev–Trinajstić information content (AvgIpc) is 2.84. The van der Waals surface area contributed by atoms with E-state index >= 15 is 0 Å². The molecule has 20 heavy (non-hydrogen) atoms. The lowest BCUT2D eigenvalue weighted by atomic mass is 9.71. The average molecular weight is 278 g/mol. The first-order chi connectivity index (χ1) is 9.56. The number of amides is 4. The molecule has 2 aliphatic carbocycles. The number of hydrogen-bond donors (Lipinski definition) is 1. The van der Waals surface area contributed by atoms with Crippen LogP contribution in [0.25, 0.3) is 0 Å². The van der Waals surface area contributed by atoms with Gasteiger partial charge >= 0.3 is 6.03 Å². The van der Waals surface area contributed by atoms with E-state index in [1.807, 2.05) is 0 Å². The summed E-state index contributed by atoms with van der Waals surface area (Å²) in [6.07, 6.45) is 6.97. The van der Waals surface area contributed by atoms with E-state index in [-0.39, 0.29) is 17.9 Å². The van der Waals surface area contributed by atoms with E-state index in [1.54, 1.807) is 0 Å². The number of hydrogen-bond acceptors (Lipinski definition) is 3. The molecule has 110 valence electrons. The highest BCUT2D eigenvalue weighted by Crippen LogP contribution is 2.42. The molecule has 1 spiro atoms. The minimum absolute atomic E-state index is 0.0330. The molecule has 0 radical (unpaired) electrons. The second-order valence-electron chi connectivity index (χ2n) is 6.55. The largest absolute Gasteiger partial charge is 0.331 e. The van der Waals surface area contributed by atoms with Gasteiger partial charge in [0.2, 0.25) is 11.8 Å². The van der Waals surface area contributed by atoms with E-state index in [0.29, 0.717) is 18.8 Å². The first-order valence-electron chi connectivity index (χ1n) is 7.75. The van der Waals surface area contributed by atoms with Gasteiger partial charge in [-0.2, -0.15) is 0 Å². The lowest BCUT2D eigenvalue weighted by molar-refractivity contribution is -0.155. The molecule has 0 aromatic rings. The summed E-state index contributed by atoms with van der Waals surface area (Å²) < 4.78 is 0. The van der Waals surface area contributed by atoms with Crippen LogP contribution in [0, 0.1) is 11.3 Å². The predicted octanol–water partition coefficient (Wildman–Crippen LogP) is 2.20. The van der Waals surface area contributed by atoms with Gasteiger partial charge in [0.25, 0.3) is 0 Å². The second kappa shape index (κ2) is 4.86. The molecule has 1 saturated heterocycles. The molecule has 1 aliphatic heterocycles. The van der Waals surface area contributed by atoms with Crippen LogP contribution < -0.4 is 5.32 Å². The zero-order valence-electron chi connectivity index (χ0n) is 12.0. The van der Waals surface area contributed by atoms with Crippen molar-refractivity contribution < 1.29 is 14.4 Å². The van der Waals surface area contributed by atoms with Crippen LogP contribution in [0.1, 0.15) is 58.3 Å². The van der Waals surface area contributed by atoms with Gasteiger partial charge in [0, 0.05) is 6.04 Å². The molecule has 5 heteroatoms. The molecule has 2 atom stereocenters. The van der Waals surface area contributed by atoms with Crippen molar-refractivity contribution in [2.45, 2.75) is 64.3 Å². The van der Waals surface area contributed by atoms with E-state index < -0.39 is 11.4 Å². The number of carbonyl (C=O) groups excluding carboxylic acids is 3. The number of rotatable bonds is 1. The maximum absolute atomic E-state index is 12.9. The zero-order chi connectivity index (χ0) is 14.3. The number of nitrogens with one attached hydrogen (secondary N) is 1. The molecule has 4 amide bonds. The quantitative estimate of drug-likeness (QED) is 0.748. The smallest absolute Gasteiger partial charge is 0.277 e. The summed E-state index contributed by atoms with van der Waals surface area (Å²) in [5.74, 6) is -0.266. The number of nitrogens with zero attached hydrogens (tertiary/aromatic N) is 1. The van der Waals surface area contributed by atoms with Crippen molar-refractivity contribution in [1.82, 2.24) is 10.2 Å². The van der Waals surface area contributed by atoms with Crippen molar-refractivity contribution in [3.05, 3.63) is 0 Å². The van der Waals surface area contributed by atoms with Crippen molar-refractivity contribution in [2.75, 3.05) is 0 Å². The van der Waals surface area contributed by atoms with Crippen LogP contribution in [0.2, 0.25) is 0 Å². The molecule has 3 rings (SSSR count). The van der Waals surface area contributed by atoms with Crippen LogP contribution in [0.4, 0.5) is 4.79 Å². The molecule has 1 N–H and O–H groups in total. The SMILES string of the molecule is CC1CCCC1N1C(=O)NC(=O)C2(CCCCC2)C1=O. The number of imide groups is 2. The molecule has 0 bridgehead atoms. The van der Waals surface area contributed by atoms with E-state index in [9.17, 15) is 14.4 Å². The van der Waals surface area contributed by atoms with Crippen LogP contribution in [0.5, 0.6) is 0 Å². The number of urea groups is 1. The van der Waals surface area contributed by atoms with E-state index in [0.717, 1.165) is 38.5 Å². The van der Waals surface area contributed by atoms with Gasteiger partial charge in [-0.15, -0.1) is 0 Å². The van der Waals surface area contributed by atoms with Gasteiger partial charge in [0.15, 0.2) is 0 Å². The number of barbiturate groups is 1. The van der Waals surface area contributed by atoms with Crippen molar-refractivity contribution in [1.29, 1.82) is 0 Å². The van der Waals surface area contributed by atoms with Crippen molar-refractivity contribution in [3.63, 3.8) is 0 Å². The third-order valence-electron chi connectivity index (χ3n) is 5.36. The number of carbonyl (C=O) groups is 3. The van der Waals surface area contributed by atoms with Crippen LogP contribution in [-0.4, -0.2) is 28.8 Å². The van der Waals surface area contributed by atoms with E-state index in [1.165, 1.54) is 4.90 Å². The third kappa shape index (κ3) is 1.86. The van der Waals surface area contributed by atoms with Gasteiger partial charge < -0.3 is 0 Å². The van der Waals surface area contributed by atoms with Crippen LogP contribution in [-0.2, 0) is 9.59 Å². The van der Waals surface area contributed by atoms with Gasteiger partial charge in [-0.25, -0.2) is 4.79 Å². The highest BCUT2D eigenvalue weighted by atomic mass is 16.2. The Hall–Kier alpha value is -1.39. The minimum Gasteiger partial charge on any atom is -0.277 e. The van der Waals surface area contributed by atoms with Crippen molar-refractivity contribution in [2.24, 2.45) is 11.3 Å². The second-order valence-corrected chi connectivity index (χ2v) is 6.55. The first-order valence-corrected chi connectivity index (χ1v) is 7.75. The summed E-state index contributed by atoms with van der Waals surface area (Å²) in [7, 11) is 0. The predicted molar refractivity (Wildman–Crippen MR) is 72.7 cm³/mol. The van der Waals surface area contributed by atoms with Gasteiger partial charge in [-0.1, -0.05) is 32.6 Å². The maximum atomic E-state index is 12.9. The fourth-order valence-electron chi connectivity index (χ4n) is 4.10. The Morgan fingerprint density at radius 2 is 1.75 bits per heavy atom. The van der Waals surface area contributed by atoms with Gasteiger partial charge in [-0.05, 0) is 31.6 Å². The van der Waals surface area contributed by atoms with Crippen LogP contribution in [0.3, 0.4) is 0 Å². The monoisotopic (exact) mass is 278 g/mol. The zero-order valence-corrected chi connectivity index (χ0v) is 12.0. The van der Waals surface area contributed by atoms with Crippen LogP contribution >= 0.6 is 0 Å². The maximum Gasteiger partial charge on any atom is 0.331 e. The molecule has 1 heterocycles. The van der Waals surface area contributed by atoms with Gasteiger partial charge in [0.05, 0.1) is 0 Å². The first kappa shape index (κ1) is 13.6. The Bertz CT molecular complexity index is 454. The Morgan fingerprint density at radius 3 is 2.35 bits per heavy atom. The van der Waals surface area contributed by atoms with Crippen LogP contribution in [0.15, 0.2) is 0 Å². The summed E-state index contributed by atoms with van der Waals surface area (Å²) >= 11 is 0. The van der Waals surface area contributed by atoms with E-state index in [2.05, 4.69) is 12.2 Å². The topological polar surface area (TPSA) is 66.5 Å². The lowest BCUT2D eigenvalue weighted by Gasteiger charge is -2.44.